The lowest BCUT2D eigenvalue weighted by molar-refractivity contribution is 0.0781. The number of amides is 1. The van der Waals surface area contributed by atoms with Crippen LogP contribution in [0.1, 0.15) is 46.2 Å². The van der Waals surface area contributed by atoms with Gasteiger partial charge in [-0.15, -0.1) is 0 Å². The molecule has 172 valence electrons. The van der Waals surface area contributed by atoms with Crippen LogP contribution in [0.5, 0.6) is 0 Å². The third-order valence-electron chi connectivity index (χ3n) is 7.23. The number of halogens is 2. The number of benzene rings is 2. The van der Waals surface area contributed by atoms with E-state index in [1.165, 1.54) is 18.4 Å². The van der Waals surface area contributed by atoms with Crippen LogP contribution in [0.4, 0.5) is 0 Å². The number of carbonyl (C=O) groups excluding carboxylic acids is 1. The second kappa shape index (κ2) is 9.92. The maximum absolute atomic E-state index is 13.3. The van der Waals surface area contributed by atoms with Crippen molar-refractivity contribution in [3.63, 3.8) is 0 Å². The third-order valence-corrected chi connectivity index (χ3v) is 8.05. The van der Waals surface area contributed by atoms with Crippen LogP contribution in [0.3, 0.4) is 0 Å². The van der Waals surface area contributed by atoms with E-state index < -0.39 is 0 Å². The molecule has 0 aliphatic carbocycles. The van der Waals surface area contributed by atoms with Gasteiger partial charge in [0.25, 0.3) is 5.91 Å². The molecule has 2 aliphatic heterocycles. The number of furan rings is 1. The van der Waals surface area contributed by atoms with E-state index in [1.807, 2.05) is 17.2 Å². The number of piperidine rings is 1. The molecule has 0 saturated carbocycles. The molecule has 6 heteroatoms. The molecule has 1 amide bonds. The van der Waals surface area contributed by atoms with Crippen molar-refractivity contribution < 1.29 is 9.21 Å². The molecule has 0 radical (unpaired) electrons. The zero-order valence-electron chi connectivity index (χ0n) is 18.5. The summed E-state index contributed by atoms with van der Waals surface area (Å²) in [5, 5.41) is 0.737. The SMILES string of the molecule is O=C(c1cccc(Cl)c1Cl)N1CC(CN2CCC(c3ccccc3)CC2)C(c2ccoc2)C1. The molecule has 1 aromatic heterocycles. The Morgan fingerprint density at radius 1 is 0.939 bits per heavy atom. The lowest BCUT2D eigenvalue weighted by atomic mass is 9.87. The minimum Gasteiger partial charge on any atom is -0.472 e. The Labute approximate surface area is 205 Å². The number of hydrogen-bond donors (Lipinski definition) is 0. The number of rotatable bonds is 5. The van der Waals surface area contributed by atoms with Gasteiger partial charge >= 0.3 is 0 Å². The summed E-state index contributed by atoms with van der Waals surface area (Å²) in [4.78, 5) is 17.8. The van der Waals surface area contributed by atoms with Crippen molar-refractivity contribution in [2.45, 2.75) is 24.7 Å². The van der Waals surface area contributed by atoms with Gasteiger partial charge in [0.1, 0.15) is 0 Å². The van der Waals surface area contributed by atoms with Crippen molar-refractivity contribution in [1.29, 1.82) is 0 Å². The van der Waals surface area contributed by atoms with Crippen LogP contribution >= 0.6 is 23.2 Å². The average Bonchev–Trinajstić information content (AvgIpc) is 3.52. The van der Waals surface area contributed by atoms with Gasteiger partial charge in [0.05, 0.1) is 28.1 Å². The van der Waals surface area contributed by atoms with Crippen LogP contribution in [0.2, 0.25) is 10.0 Å². The van der Waals surface area contributed by atoms with Crippen molar-refractivity contribution in [2.24, 2.45) is 5.92 Å². The lowest BCUT2D eigenvalue weighted by Crippen LogP contribution is -2.38. The van der Waals surface area contributed by atoms with E-state index >= 15 is 0 Å². The number of likely N-dealkylation sites (tertiary alicyclic amines) is 2. The molecule has 3 heterocycles. The smallest absolute Gasteiger partial charge is 0.255 e. The third kappa shape index (κ3) is 4.84. The van der Waals surface area contributed by atoms with Gasteiger partial charge in [0.15, 0.2) is 0 Å². The minimum absolute atomic E-state index is 0.0544. The van der Waals surface area contributed by atoms with Gasteiger partial charge < -0.3 is 14.2 Å². The lowest BCUT2D eigenvalue weighted by Gasteiger charge is -2.34. The number of carbonyl (C=O) groups is 1. The predicted octanol–water partition coefficient (Wildman–Crippen LogP) is 6.32. The van der Waals surface area contributed by atoms with E-state index in [0.29, 0.717) is 40.5 Å². The molecular formula is C27H28Cl2N2O2. The van der Waals surface area contributed by atoms with E-state index in [1.54, 1.807) is 24.5 Å². The van der Waals surface area contributed by atoms with Crippen LogP contribution in [-0.2, 0) is 0 Å². The van der Waals surface area contributed by atoms with Gasteiger partial charge in [-0.05, 0) is 67.1 Å². The largest absolute Gasteiger partial charge is 0.472 e. The Bertz CT molecular complexity index is 1080. The molecule has 4 nitrogen and oxygen atoms in total. The zero-order valence-corrected chi connectivity index (χ0v) is 20.0. The normalized spacial score (nSPS) is 22.1. The zero-order chi connectivity index (χ0) is 22.8. The monoisotopic (exact) mass is 482 g/mol. The fraction of sp³-hybridized carbons (Fsp3) is 0.370. The summed E-state index contributed by atoms with van der Waals surface area (Å²) in [6.07, 6.45) is 5.89. The molecular weight excluding hydrogens is 455 g/mol. The van der Waals surface area contributed by atoms with Crippen molar-refractivity contribution in [1.82, 2.24) is 9.80 Å². The second-order valence-electron chi connectivity index (χ2n) is 9.22. The summed E-state index contributed by atoms with van der Waals surface area (Å²) in [6.45, 7) is 4.51. The highest BCUT2D eigenvalue weighted by molar-refractivity contribution is 6.43. The van der Waals surface area contributed by atoms with E-state index in [9.17, 15) is 4.79 Å². The van der Waals surface area contributed by atoms with Crippen molar-refractivity contribution in [2.75, 3.05) is 32.7 Å². The molecule has 5 rings (SSSR count). The first kappa shape index (κ1) is 22.5. The molecule has 2 atom stereocenters. The van der Waals surface area contributed by atoms with Gasteiger partial charge in [-0.1, -0.05) is 59.6 Å². The Morgan fingerprint density at radius 3 is 2.45 bits per heavy atom. The van der Waals surface area contributed by atoms with Crippen LogP contribution in [0, 0.1) is 5.92 Å². The Morgan fingerprint density at radius 2 is 1.73 bits per heavy atom. The molecule has 0 N–H and O–H groups in total. The minimum atomic E-state index is -0.0544. The predicted molar refractivity (Wildman–Crippen MR) is 132 cm³/mol. The summed E-state index contributed by atoms with van der Waals surface area (Å²) >= 11 is 12.5. The second-order valence-corrected chi connectivity index (χ2v) is 10.0. The average molecular weight is 483 g/mol. The molecule has 2 aromatic carbocycles. The summed E-state index contributed by atoms with van der Waals surface area (Å²) in [5.41, 5.74) is 3.08. The van der Waals surface area contributed by atoms with Gasteiger partial charge in [-0.2, -0.15) is 0 Å². The maximum atomic E-state index is 13.3. The van der Waals surface area contributed by atoms with Crippen molar-refractivity contribution in [3.8, 4) is 0 Å². The van der Waals surface area contributed by atoms with Gasteiger partial charge in [0, 0.05) is 25.6 Å². The van der Waals surface area contributed by atoms with Gasteiger partial charge in [-0.25, -0.2) is 0 Å². The maximum Gasteiger partial charge on any atom is 0.255 e. The Balaban J connectivity index is 1.28. The molecule has 0 spiro atoms. The van der Waals surface area contributed by atoms with E-state index in [0.717, 1.165) is 25.2 Å². The van der Waals surface area contributed by atoms with Crippen LogP contribution < -0.4 is 0 Å². The first-order valence-electron chi connectivity index (χ1n) is 11.6. The van der Waals surface area contributed by atoms with E-state index in [-0.39, 0.29) is 11.8 Å². The standard InChI is InChI=1S/C27H28Cl2N2O2/c28-25-8-4-7-23(26(25)29)27(32)31-16-22(24(17-31)21-11-14-33-18-21)15-30-12-9-20(10-13-30)19-5-2-1-3-6-19/h1-8,11,14,18,20,22,24H,9-10,12-13,15-17H2. The summed E-state index contributed by atoms with van der Waals surface area (Å²) in [6, 6.07) is 18.1. The van der Waals surface area contributed by atoms with E-state index in [4.69, 9.17) is 27.6 Å². The fourth-order valence-corrected chi connectivity index (χ4v) is 5.81. The van der Waals surface area contributed by atoms with Crippen molar-refractivity contribution in [3.05, 3.63) is 93.9 Å². The highest BCUT2D eigenvalue weighted by atomic mass is 35.5. The topological polar surface area (TPSA) is 36.7 Å². The summed E-state index contributed by atoms with van der Waals surface area (Å²) < 4.78 is 5.39. The first-order chi connectivity index (χ1) is 16.1. The summed E-state index contributed by atoms with van der Waals surface area (Å²) in [7, 11) is 0. The van der Waals surface area contributed by atoms with Gasteiger partial charge in [0.2, 0.25) is 0 Å². The Kier molecular flexibility index (Phi) is 6.77. The van der Waals surface area contributed by atoms with Crippen molar-refractivity contribution >= 4 is 29.1 Å². The van der Waals surface area contributed by atoms with Gasteiger partial charge in [-0.3, -0.25) is 4.79 Å². The number of hydrogen-bond acceptors (Lipinski definition) is 3. The molecule has 2 fully saturated rings. The van der Waals surface area contributed by atoms with Crippen LogP contribution in [-0.4, -0.2) is 48.4 Å². The summed E-state index contributed by atoms with van der Waals surface area (Å²) in [5.74, 6) is 1.18. The van der Waals surface area contributed by atoms with Crippen LogP contribution in [0.25, 0.3) is 0 Å². The highest BCUT2D eigenvalue weighted by Crippen LogP contribution is 2.37. The molecule has 0 bridgehead atoms. The first-order valence-corrected chi connectivity index (χ1v) is 12.4. The van der Waals surface area contributed by atoms with Crippen LogP contribution in [0.15, 0.2) is 71.5 Å². The molecule has 2 saturated heterocycles. The number of nitrogens with zero attached hydrogens (tertiary/aromatic N) is 2. The highest BCUT2D eigenvalue weighted by Gasteiger charge is 2.38. The quantitative estimate of drug-likeness (QED) is 0.426. The Hall–Kier alpha value is -2.27. The molecule has 2 unspecified atom stereocenters. The molecule has 3 aromatic rings. The molecule has 2 aliphatic rings. The molecule has 33 heavy (non-hydrogen) atoms. The van der Waals surface area contributed by atoms with E-state index in [2.05, 4.69) is 35.2 Å². The fourth-order valence-electron chi connectivity index (χ4n) is 5.43.